The summed E-state index contributed by atoms with van der Waals surface area (Å²) in [6, 6.07) is 6.31. The maximum absolute atomic E-state index is 6.21. The van der Waals surface area contributed by atoms with E-state index in [9.17, 15) is 0 Å². The quantitative estimate of drug-likeness (QED) is 0.381. The summed E-state index contributed by atoms with van der Waals surface area (Å²) < 4.78 is 7.61. The lowest BCUT2D eigenvalue weighted by Crippen LogP contribution is -2.44. The first kappa shape index (κ1) is 21.9. The van der Waals surface area contributed by atoms with E-state index in [1.54, 1.807) is 16.4 Å². The number of rotatable bonds is 9. The number of aryl methyl sites for hydroxylation is 1. The van der Waals surface area contributed by atoms with Gasteiger partial charge in [0.1, 0.15) is 12.4 Å². The number of benzene rings is 1. The number of nitrogen functional groups attached to an aromatic ring is 1. The van der Waals surface area contributed by atoms with Crippen LogP contribution in [0.3, 0.4) is 0 Å². The van der Waals surface area contributed by atoms with Crippen molar-refractivity contribution < 1.29 is 4.74 Å². The molecule has 1 aromatic heterocycles. The molecule has 1 aliphatic rings. The molecule has 0 radical (unpaired) electrons. The number of nitrogens with two attached hydrogens (primary N) is 1. The van der Waals surface area contributed by atoms with Crippen LogP contribution in [0.5, 0.6) is 5.75 Å². The molecule has 0 amide bonds. The summed E-state index contributed by atoms with van der Waals surface area (Å²) >= 11 is 1.66. The fourth-order valence-corrected chi connectivity index (χ4v) is 4.21. The molecule has 3 rings (SSSR count). The highest BCUT2D eigenvalue weighted by molar-refractivity contribution is 7.99. The van der Waals surface area contributed by atoms with Crippen molar-refractivity contribution in [3.8, 4) is 5.75 Å². The van der Waals surface area contributed by atoms with Gasteiger partial charge in [0.15, 0.2) is 5.82 Å². The summed E-state index contributed by atoms with van der Waals surface area (Å²) in [5.74, 6) is 9.12. The van der Waals surface area contributed by atoms with Crippen molar-refractivity contribution in [1.29, 1.82) is 0 Å². The third kappa shape index (κ3) is 6.10. The summed E-state index contributed by atoms with van der Waals surface area (Å²) in [6.07, 6.45) is 1.12. The number of aromatic nitrogens is 3. The predicted molar refractivity (Wildman–Crippen MR) is 119 cm³/mol. The highest BCUT2D eigenvalue weighted by Crippen LogP contribution is 2.28. The van der Waals surface area contributed by atoms with Crippen molar-refractivity contribution in [1.82, 2.24) is 24.7 Å². The van der Waals surface area contributed by atoms with Crippen LogP contribution in [0.1, 0.15) is 43.1 Å². The Kier molecular flexibility index (Phi) is 7.80. The molecule has 1 aromatic carbocycles. The average molecular weight is 419 g/mol. The van der Waals surface area contributed by atoms with Crippen molar-refractivity contribution in [3.63, 3.8) is 0 Å². The second kappa shape index (κ2) is 10.3. The molecule has 0 saturated carbocycles. The van der Waals surface area contributed by atoms with Gasteiger partial charge in [-0.2, -0.15) is 0 Å². The molecular weight excluding hydrogens is 384 g/mol. The molecule has 8 heteroatoms. The largest absolute Gasteiger partial charge is 0.485 e. The van der Waals surface area contributed by atoms with Crippen molar-refractivity contribution in [3.05, 3.63) is 35.2 Å². The SMILES string of the molecule is Cc1ccc(C(C)C)c(OCc2nnc(SCCCN3CCN(C)CC3)n2N)c1. The standard InChI is InChI=1S/C21H34N6OS/c1-16(2)18-7-6-17(3)14-19(18)28-15-20-23-24-21(27(20)22)29-13-5-8-26-11-9-25(4)10-12-26/h6-7,14,16H,5,8-13,15,22H2,1-4H3. The Morgan fingerprint density at radius 3 is 2.66 bits per heavy atom. The topological polar surface area (TPSA) is 72.4 Å². The summed E-state index contributed by atoms with van der Waals surface area (Å²) in [5.41, 5.74) is 2.37. The molecule has 29 heavy (non-hydrogen) atoms. The lowest BCUT2D eigenvalue weighted by atomic mass is 10.0. The zero-order valence-electron chi connectivity index (χ0n) is 18.1. The monoisotopic (exact) mass is 418 g/mol. The molecule has 1 aliphatic heterocycles. The first-order valence-electron chi connectivity index (χ1n) is 10.4. The van der Waals surface area contributed by atoms with Gasteiger partial charge >= 0.3 is 0 Å². The number of likely N-dealkylation sites (N-methyl/N-ethyl adjacent to an activating group) is 1. The second-order valence-corrected chi connectivity index (χ2v) is 9.16. The number of piperazine rings is 1. The molecule has 0 bridgehead atoms. The van der Waals surface area contributed by atoms with Gasteiger partial charge in [0.2, 0.25) is 5.16 Å². The summed E-state index contributed by atoms with van der Waals surface area (Å²) in [5, 5.41) is 9.22. The molecule has 2 N–H and O–H groups in total. The Hall–Kier alpha value is -1.77. The van der Waals surface area contributed by atoms with Gasteiger partial charge in [-0.05, 0) is 50.0 Å². The minimum Gasteiger partial charge on any atom is -0.485 e. The number of ether oxygens (including phenoxy) is 1. The van der Waals surface area contributed by atoms with E-state index in [0.717, 1.165) is 55.8 Å². The highest BCUT2D eigenvalue weighted by Gasteiger charge is 2.15. The van der Waals surface area contributed by atoms with Gasteiger partial charge in [0.25, 0.3) is 0 Å². The molecule has 160 valence electrons. The third-order valence-corrected chi connectivity index (χ3v) is 6.36. The first-order valence-corrected chi connectivity index (χ1v) is 11.4. The van der Waals surface area contributed by atoms with Gasteiger partial charge in [-0.1, -0.05) is 37.7 Å². The first-order chi connectivity index (χ1) is 13.9. The van der Waals surface area contributed by atoms with Crippen LogP contribution in [-0.2, 0) is 6.61 Å². The predicted octanol–water partition coefficient (Wildman–Crippen LogP) is 2.73. The van der Waals surface area contributed by atoms with Gasteiger partial charge < -0.3 is 20.4 Å². The van der Waals surface area contributed by atoms with Crippen LogP contribution in [0.25, 0.3) is 0 Å². The fourth-order valence-electron chi connectivity index (χ4n) is 3.41. The zero-order chi connectivity index (χ0) is 20.8. The van der Waals surface area contributed by atoms with Crippen molar-refractivity contribution in [2.45, 2.75) is 44.9 Å². The fraction of sp³-hybridized carbons (Fsp3) is 0.619. The summed E-state index contributed by atoms with van der Waals surface area (Å²) in [4.78, 5) is 4.91. The third-order valence-electron chi connectivity index (χ3n) is 5.33. The maximum atomic E-state index is 6.21. The van der Waals surface area contributed by atoms with Gasteiger partial charge in [-0.25, -0.2) is 4.68 Å². The molecule has 1 saturated heterocycles. The molecule has 0 unspecified atom stereocenters. The molecular formula is C21H34N6OS. The number of hydrogen-bond donors (Lipinski definition) is 1. The number of nitrogens with zero attached hydrogens (tertiary/aromatic N) is 5. The van der Waals surface area contributed by atoms with E-state index < -0.39 is 0 Å². The Labute approximate surface area is 178 Å². The second-order valence-electron chi connectivity index (χ2n) is 8.10. The minimum atomic E-state index is 0.314. The average Bonchev–Trinajstić information content (AvgIpc) is 3.04. The van der Waals surface area contributed by atoms with Crippen LogP contribution in [0.15, 0.2) is 23.4 Å². The lowest BCUT2D eigenvalue weighted by Gasteiger charge is -2.32. The van der Waals surface area contributed by atoms with Gasteiger partial charge in [-0.3, -0.25) is 0 Å². The molecule has 2 heterocycles. The summed E-state index contributed by atoms with van der Waals surface area (Å²) in [6.45, 7) is 12.5. The van der Waals surface area contributed by atoms with E-state index in [-0.39, 0.29) is 0 Å². The van der Waals surface area contributed by atoms with Crippen LogP contribution in [0.4, 0.5) is 0 Å². The Bertz CT molecular complexity index is 785. The van der Waals surface area contributed by atoms with Crippen molar-refractivity contribution >= 4 is 11.8 Å². The van der Waals surface area contributed by atoms with Crippen LogP contribution in [-0.4, -0.2) is 70.2 Å². The molecule has 0 atom stereocenters. The number of hydrogen-bond acceptors (Lipinski definition) is 7. The Balaban J connectivity index is 1.48. The van der Waals surface area contributed by atoms with E-state index >= 15 is 0 Å². The van der Waals surface area contributed by atoms with E-state index in [1.807, 2.05) is 0 Å². The highest BCUT2D eigenvalue weighted by atomic mass is 32.2. The molecule has 7 nitrogen and oxygen atoms in total. The van der Waals surface area contributed by atoms with E-state index in [2.05, 4.69) is 66.0 Å². The van der Waals surface area contributed by atoms with Crippen LogP contribution in [0, 0.1) is 6.92 Å². The Morgan fingerprint density at radius 2 is 1.93 bits per heavy atom. The van der Waals surface area contributed by atoms with Gasteiger partial charge in [0.05, 0.1) is 0 Å². The minimum absolute atomic E-state index is 0.314. The molecule has 0 aliphatic carbocycles. The molecule has 1 fully saturated rings. The zero-order valence-corrected chi connectivity index (χ0v) is 18.9. The molecule has 2 aromatic rings. The van der Waals surface area contributed by atoms with E-state index in [1.165, 1.54) is 11.1 Å². The lowest BCUT2D eigenvalue weighted by molar-refractivity contribution is 0.154. The van der Waals surface area contributed by atoms with Gasteiger partial charge in [-0.15, -0.1) is 10.2 Å². The smallest absolute Gasteiger partial charge is 0.209 e. The molecule has 0 spiro atoms. The van der Waals surface area contributed by atoms with Crippen LogP contribution >= 0.6 is 11.8 Å². The van der Waals surface area contributed by atoms with Crippen molar-refractivity contribution in [2.75, 3.05) is 51.4 Å². The van der Waals surface area contributed by atoms with E-state index in [0.29, 0.717) is 18.3 Å². The summed E-state index contributed by atoms with van der Waals surface area (Å²) in [7, 11) is 2.19. The normalized spacial score (nSPS) is 15.9. The van der Waals surface area contributed by atoms with Gasteiger partial charge in [0, 0.05) is 31.9 Å². The van der Waals surface area contributed by atoms with Crippen LogP contribution < -0.4 is 10.6 Å². The Morgan fingerprint density at radius 1 is 1.17 bits per heavy atom. The van der Waals surface area contributed by atoms with E-state index in [4.69, 9.17) is 10.6 Å². The van der Waals surface area contributed by atoms with Crippen molar-refractivity contribution in [2.24, 2.45) is 0 Å². The number of thioether (sulfide) groups is 1. The van der Waals surface area contributed by atoms with Crippen LogP contribution in [0.2, 0.25) is 0 Å². The maximum Gasteiger partial charge on any atom is 0.209 e.